The van der Waals surface area contributed by atoms with Gasteiger partial charge in [0, 0.05) is 0 Å². The summed E-state index contributed by atoms with van der Waals surface area (Å²) in [5, 5.41) is 0. The average Bonchev–Trinajstić information content (AvgIpc) is 3.17. The molecule has 0 aliphatic carbocycles. The third-order valence-corrected chi connectivity index (χ3v) is 3.58. The Morgan fingerprint density at radius 1 is 0.941 bits per heavy atom. The smallest absolute Gasteiger partial charge is 0.124 e. The molecule has 1 heteroatoms. The molecule has 86 valence electrons. The first-order valence-corrected chi connectivity index (χ1v) is 6.15. The second-order valence-corrected chi connectivity index (χ2v) is 4.52. The van der Waals surface area contributed by atoms with Crippen molar-refractivity contribution in [2.75, 3.05) is 0 Å². The summed E-state index contributed by atoms with van der Waals surface area (Å²) in [4.78, 5) is 0. The third-order valence-electron chi connectivity index (χ3n) is 3.58. The molecule has 1 saturated heterocycles. The first-order valence-electron chi connectivity index (χ1n) is 6.15. The normalized spacial score (nSPS) is 26.8. The molecule has 0 radical (unpaired) electrons. The molecule has 0 aromatic heterocycles. The Morgan fingerprint density at radius 2 is 1.53 bits per heavy atom. The average molecular weight is 224 g/mol. The van der Waals surface area contributed by atoms with Gasteiger partial charge in [-0.05, 0) is 17.5 Å². The van der Waals surface area contributed by atoms with Gasteiger partial charge in [-0.1, -0.05) is 67.6 Å². The van der Waals surface area contributed by atoms with Crippen molar-refractivity contribution >= 4 is 0 Å². The van der Waals surface area contributed by atoms with Crippen LogP contribution in [0.25, 0.3) is 0 Å². The number of hydrogen-bond donors (Lipinski definition) is 0. The zero-order valence-corrected chi connectivity index (χ0v) is 9.97. The lowest BCUT2D eigenvalue weighted by atomic mass is 9.90. The van der Waals surface area contributed by atoms with Gasteiger partial charge in [-0.25, -0.2) is 0 Å². The van der Waals surface area contributed by atoms with E-state index in [1.807, 2.05) is 12.1 Å². The first-order chi connectivity index (χ1) is 8.37. The summed E-state index contributed by atoms with van der Waals surface area (Å²) in [5.41, 5.74) is 2.47. The van der Waals surface area contributed by atoms with Crippen LogP contribution in [0, 0.1) is 0 Å². The van der Waals surface area contributed by atoms with Crippen LogP contribution in [0.3, 0.4) is 0 Å². The predicted octanol–water partition coefficient (Wildman–Crippen LogP) is 4.06. The Morgan fingerprint density at radius 3 is 2.12 bits per heavy atom. The van der Waals surface area contributed by atoms with Crippen LogP contribution in [0.4, 0.5) is 0 Å². The minimum atomic E-state index is -0.0946. The highest BCUT2D eigenvalue weighted by molar-refractivity contribution is 5.35. The Bertz CT molecular complexity index is 491. The van der Waals surface area contributed by atoms with Crippen LogP contribution in [-0.4, -0.2) is 0 Å². The highest BCUT2D eigenvalue weighted by Crippen LogP contribution is 2.58. The maximum absolute atomic E-state index is 6.03. The molecule has 0 amide bonds. The third kappa shape index (κ3) is 1.67. The number of epoxide rings is 1. The van der Waals surface area contributed by atoms with Crippen molar-refractivity contribution in [1.29, 1.82) is 0 Å². The van der Waals surface area contributed by atoms with E-state index in [0.717, 1.165) is 6.42 Å². The van der Waals surface area contributed by atoms with Crippen molar-refractivity contribution in [2.45, 2.75) is 25.0 Å². The molecule has 1 nitrogen and oxygen atoms in total. The fraction of sp³-hybridized carbons (Fsp3) is 0.250. The lowest BCUT2D eigenvalue weighted by Gasteiger charge is -2.10. The first kappa shape index (κ1) is 10.5. The van der Waals surface area contributed by atoms with Gasteiger partial charge >= 0.3 is 0 Å². The highest BCUT2D eigenvalue weighted by Gasteiger charge is 2.56. The Kier molecular flexibility index (Phi) is 2.49. The van der Waals surface area contributed by atoms with Gasteiger partial charge in [-0.15, -0.1) is 0 Å². The summed E-state index contributed by atoms with van der Waals surface area (Å²) in [7, 11) is 0. The van der Waals surface area contributed by atoms with Crippen LogP contribution < -0.4 is 0 Å². The van der Waals surface area contributed by atoms with Crippen molar-refractivity contribution in [3.63, 3.8) is 0 Å². The van der Waals surface area contributed by atoms with Gasteiger partial charge < -0.3 is 4.74 Å². The van der Waals surface area contributed by atoms with E-state index in [1.54, 1.807) is 0 Å². The van der Waals surface area contributed by atoms with E-state index >= 15 is 0 Å². The second-order valence-electron chi connectivity index (χ2n) is 4.52. The number of ether oxygens (including phenoxy) is 1. The molecule has 1 heterocycles. The maximum atomic E-state index is 6.03. The van der Waals surface area contributed by atoms with Gasteiger partial charge in [0.15, 0.2) is 0 Å². The van der Waals surface area contributed by atoms with E-state index in [-0.39, 0.29) is 11.7 Å². The molecular formula is C16H16O. The Labute approximate surface area is 102 Å². The minimum Gasteiger partial charge on any atom is -0.356 e. The quantitative estimate of drug-likeness (QED) is 0.716. The maximum Gasteiger partial charge on any atom is 0.124 e. The zero-order valence-electron chi connectivity index (χ0n) is 9.97. The summed E-state index contributed by atoms with van der Waals surface area (Å²) in [6.07, 6.45) is 1.23. The summed E-state index contributed by atoms with van der Waals surface area (Å²) in [6.45, 7) is 2.19. The zero-order chi connectivity index (χ0) is 11.7. The molecule has 2 atom stereocenters. The molecule has 0 saturated carbocycles. The van der Waals surface area contributed by atoms with Crippen molar-refractivity contribution in [3.05, 3.63) is 71.8 Å². The van der Waals surface area contributed by atoms with Crippen molar-refractivity contribution in [3.8, 4) is 0 Å². The van der Waals surface area contributed by atoms with Gasteiger partial charge in [0.1, 0.15) is 11.7 Å². The van der Waals surface area contributed by atoms with Crippen LogP contribution in [-0.2, 0) is 10.3 Å². The van der Waals surface area contributed by atoms with Crippen LogP contribution in [0.5, 0.6) is 0 Å². The molecule has 0 bridgehead atoms. The van der Waals surface area contributed by atoms with E-state index in [9.17, 15) is 0 Å². The predicted molar refractivity (Wildman–Crippen MR) is 68.7 cm³/mol. The molecule has 17 heavy (non-hydrogen) atoms. The van der Waals surface area contributed by atoms with Gasteiger partial charge in [0.25, 0.3) is 0 Å². The molecule has 1 aliphatic rings. The molecule has 3 rings (SSSR count). The second kappa shape index (κ2) is 4.01. The molecule has 2 aromatic rings. The van der Waals surface area contributed by atoms with E-state index in [2.05, 4.69) is 55.5 Å². The minimum absolute atomic E-state index is 0.0946. The lowest BCUT2D eigenvalue weighted by Crippen LogP contribution is -2.08. The lowest BCUT2D eigenvalue weighted by molar-refractivity contribution is 0.290. The molecule has 1 fully saturated rings. The van der Waals surface area contributed by atoms with Crippen LogP contribution in [0.1, 0.15) is 30.6 Å². The molecule has 0 spiro atoms. The highest BCUT2D eigenvalue weighted by atomic mass is 16.6. The van der Waals surface area contributed by atoms with Gasteiger partial charge in [0.05, 0.1) is 0 Å². The van der Waals surface area contributed by atoms with Gasteiger partial charge in [-0.3, -0.25) is 0 Å². The molecular weight excluding hydrogens is 208 g/mol. The summed E-state index contributed by atoms with van der Waals surface area (Å²) < 4.78 is 6.03. The van der Waals surface area contributed by atoms with Crippen LogP contribution >= 0.6 is 0 Å². The van der Waals surface area contributed by atoms with Crippen LogP contribution in [0.2, 0.25) is 0 Å². The Balaban J connectivity index is 1.94. The van der Waals surface area contributed by atoms with Crippen molar-refractivity contribution in [2.24, 2.45) is 0 Å². The van der Waals surface area contributed by atoms with E-state index in [1.165, 1.54) is 11.1 Å². The molecule has 1 aliphatic heterocycles. The molecule has 0 unspecified atom stereocenters. The monoisotopic (exact) mass is 224 g/mol. The van der Waals surface area contributed by atoms with Gasteiger partial charge in [0.2, 0.25) is 0 Å². The van der Waals surface area contributed by atoms with Gasteiger partial charge in [-0.2, -0.15) is 0 Å². The van der Waals surface area contributed by atoms with E-state index in [4.69, 9.17) is 4.74 Å². The van der Waals surface area contributed by atoms with Crippen LogP contribution in [0.15, 0.2) is 60.7 Å². The van der Waals surface area contributed by atoms with E-state index < -0.39 is 0 Å². The number of rotatable bonds is 3. The van der Waals surface area contributed by atoms with Crippen molar-refractivity contribution < 1.29 is 4.74 Å². The fourth-order valence-corrected chi connectivity index (χ4v) is 2.55. The van der Waals surface area contributed by atoms with E-state index in [0.29, 0.717) is 0 Å². The standard InChI is InChI=1S/C16H16O/c1-2-16(14-11-7-4-8-12-14)15(17-16)13-9-5-3-6-10-13/h3-12,15H,2H2,1H3/t15-,16-/m1/s1. The number of benzene rings is 2. The number of hydrogen-bond acceptors (Lipinski definition) is 1. The largest absolute Gasteiger partial charge is 0.356 e. The molecule has 2 aromatic carbocycles. The Hall–Kier alpha value is -1.60. The summed E-state index contributed by atoms with van der Waals surface area (Å²) in [5.74, 6) is 0. The SMILES string of the molecule is CC[C@]1(c2ccccc2)O[C@@H]1c1ccccc1. The summed E-state index contributed by atoms with van der Waals surface area (Å²) >= 11 is 0. The fourth-order valence-electron chi connectivity index (χ4n) is 2.55. The molecule has 0 N–H and O–H groups in total. The van der Waals surface area contributed by atoms with Crippen molar-refractivity contribution in [1.82, 2.24) is 0 Å². The topological polar surface area (TPSA) is 12.5 Å². The summed E-state index contributed by atoms with van der Waals surface area (Å²) in [6, 6.07) is 21.0.